The van der Waals surface area contributed by atoms with Crippen LogP contribution in [0.2, 0.25) is 0 Å². The summed E-state index contributed by atoms with van der Waals surface area (Å²) >= 11 is 3.58. The van der Waals surface area contributed by atoms with Gasteiger partial charge in [0.25, 0.3) is 0 Å². The predicted octanol–water partition coefficient (Wildman–Crippen LogP) is 5.46. The van der Waals surface area contributed by atoms with Gasteiger partial charge in [-0.2, -0.15) is 0 Å². The van der Waals surface area contributed by atoms with Gasteiger partial charge in [-0.25, -0.2) is 0 Å². The van der Waals surface area contributed by atoms with E-state index in [9.17, 15) is 0 Å². The van der Waals surface area contributed by atoms with Gasteiger partial charge in [-0.3, -0.25) is 0 Å². The van der Waals surface area contributed by atoms with Crippen molar-refractivity contribution in [3.05, 3.63) is 27.7 Å². The van der Waals surface area contributed by atoms with E-state index in [4.69, 9.17) is 4.74 Å². The summed E-state index contributed by atoms with van der Waals surface area (Å²) in [5.41, 5.74) is 2.46. The van der Waals surface area contributed by atoms with Crippen LogP contribution in [0.5, 0.6) is 5.75 Å². The lowest BCUT2D eigenvalue weighted by Gasteiger charge is -2.19. The molecule has 0 saturated carbocycles. The Bertz CT molecular complexity index is 420. The number of rotatable bonds is 10. The topological polar surface area (TPSA) is 21.3 Å². The number of benzene rings is 1. The lowest BCUT2D eigenvalue weighted by molar-refractivity contribution is 0.230. The fourth-order valence-electron chi connectivity index (χ4n) is 2.50. The molecular weight excluding hydrogens is 326 g/mol. The van der Waals surface area contributed by atoms with Gasteiger partial charge in [0.1, 0.15) is 5.75 Å². The van der Waals surface area contributed by atoms with Crippen molar-refractivity contribution in [2.45, 2.75) is 59.9 Å². The summed E-state index contributed by atoms with van der Waals surface area (Å²) in [6.45, 7) is 11.4. The first kappa shape index (κ1) is 18.5. The molecule has 1 rings (SSSR count). The summed E-state index contributed by atoms with van der Waals surface area (Å²) in [6, 6.07) is 4.30. The fourth-order valence-corrected chi connectivity index (χ4v) is 3.12. The van der Waals surface area contributed by atoms with Crippen LogP contribution in [0, 0.1) is 12.8 Å². The summed E-state index contributed by atoms with van der Waals surface area (Å²) in [6.07, 6.45) is 5.02. The van der Waals surface area contributed by atoms with E-state index in [0.717, 1.165) is 29.9 Å². The molecule has 0 fully saturated rings. The standard InChI is InChI=1S/C18H30BrNO/c1-5-8-9-15(6-2)13-21-18-14(4)10-17(19)11-16(18)12-20-7-3/h10-11,15,20H,5-9,12-13H2,1-4H3. The van der Waals surface area contributed by atoms with Gasteiger partial charge < -0.3 is 10.1 Å². The zero-order valence-electron chi connectivity index (χ0n) is 14.0. The van der Waals surface area contributed by atoms with Crippen LogP contribution in [-0.2, 0) is 6.54 Å². The first-order valence-electron chi connectivity index (χ1n) is 8.24. The second-order valence-corrected chi connectivity index (χ2v) is 6.63. The highest BCUT2D eigenvalue weighted by Crippen LogP contribution is 2.29. The first-order valence-corrected chi connectivity index (χ1v) is 9.04. The van der Waals surface area contributed by atoms with Crippen LogP contribution < -0.4 is 10.1 Å². The van der Waals surface area contributed by atoms with E-state index >= 15 is 0 Å². The molecule has 0 saturated heterocycles. The van der Waals surface area contributed by atoms with E-state index in [0.29, 0.717) is 5.92 Å². The maximum absolute atomic E-state index is 6.21. The molecule has 0 spiro atoms. The smallest absolute Gasteiger partial charge is 0.126 e. The van der Waals surface area contributed by atoms with Crippen molar-refractivity contribution in [2.75, 3.05) is 13.2 Å². The summed E-state index contributed by atoms with van der Waals surface area (Å²) in [5.74, 6) is 1.73. The summed E-state index contributed by atoms with van der Waals surface area (Å²) in [7, 11) is 0. The SMILES string of the molecule is CCCCC(CC)COc1c(C)cc(Br)cc1CNCC. The Balaban J connectivity index is 2.75. The molecule has 2 nitrogen and oxygen atoms in total. The average Bonchev–Trinajstić information content (AvgIpc) is 2.46. The molecule has 0 aliphatic rings. The second kappa shape index (κ2) is 10.2. The Morgan fingerprint density at radius 3 is 2.62 bits per heavy atom. The number of unbranched alkanes of at least 4 members (excludes halogenated alkanes) is 1. The minimum atomic E-state index is 0.667. The lowest BCUT2D eigenvalue weighted by Crippen LogP contribution is -2.16. The molecular formula is C18H30BrNO. The second-order valence-electron chi connectivity index (χ2n) is 5.72. The molecule has 0 heterocycles. The van der Waals surface area contributed by atoms with Crippen molar-refractivity contribution in [3.8, 4) is 5.75 Å². The molecule has 0 bridgehead atoms. The summed E-state index contributed by atoms with van der Waals surface area (Å²) in [4.78, 5) is 0. The van der Waals surface area contributed by atoms with Gasteiger partial charge in [-0.1, -0.05) is 56.0 Å². The lowest BCUT2D eigenvalue weighted by atomic mass is 10.0. The van der Waals surface area contributed by atoms with Gasteiger partial charge in [0.15, 0.2) is 0 Å². The van der Waals surface area contributed by atoms with E-state index in [-0.39, 0.29) is 0 Å². The highest BCUT2D eigenvalue weighted by molar-refractivity contribution is 9.10. The van der Waals surface area contributed by atoms with Crippen molar-refractivity contribution in [1.82, 2.24) is 5.32 Å². The normalized spacial score (nSPS) is 12.4. The Labute approximate surface area is 138 Å². The Hall–Kier alpha value is -0.540. The summed E-state index contributed by atoms with van der Waals surface area (Å²) < 4.78 is 7.33. The van der Waals surface area contributed by atoms with E-state index in [1.165, 1.54) is 36.8 Å². The molecule has 120 valence electrons. The molecule has 1 N–H and O–H groups in total. The molecule has 1 unspecified atom stereocenters. The maximum atomic E-state index is 6.21. The average molecular weight is 356 g/mol. The monoisotopic (exact) mass is 355 g/mol. The third-order valence-corrected chi connectivity index (χ3v) is 4.35. The molecule has 3 heteroatoms. The minimum Gasteiger partial charge on any atom is -0.493 e. The van der Waals surface area contributed by atoms with Gasteiger partial charge in [0, 0.05) is 16.6 Å². The van der Waals surface area contributed by atoms with Gasteiger partial charge in [0.05, 0.1) is 6.61 Å². The highest BCUT2D eigenvalue weighted by Gasteiger charge is 2.12. The summed E-state index contributed by atoms with van der Waals surface area (Å²) in [5, 5.41) is 3.39. The van der Waals surface area contributed by atoms with Gasteiger partial charge in [-0.05, 0) is 43.5 Å². The molecule has 0 radical (unpaired) electrons. The van der Waals surface area contributed by atoms with Crippen LogP contribution in [0.25, 0.3) is 0 Å². The van der Waals surface area contributed by atoms with Crippen molar-refractivity contribution in [3.63, 3.8) is 0 Å². The number of nitrogens with one attached hydrogen (secondary N) is 1. The van der Waals surface area contributed by atoms with E-state index < -0.39 is 0 Å². The first-order chi connectivity index (χ1) is 10.1. The quantitative estimate of drug-likeness (QED) is 0.601. The zero-order valence-corrected chi connectivity index (χ0v) is 15.6. The largest absolute Gasteiger partial charge is 0.493 e. The van der Waals surface area contributed by atoms with Crippen LogP contribution >= 0.6 is 15.9 Å². The minimum absolute atomic E-state index is 0.667. The van der Waals surface area contributed by atoms with Crippen LogP contribution in [-0.4, -0.2) is 13.2 Å². The van der Waals surface area contributed by atoms with Crippen LogP contribution in [0.4, 0.5) is 0 Å². The maximum Gasteiger partial charge on any atom is 0.126 e. The molecule has 0 amide bonds. The Morgan fingerprint density at radius 1 is 1.24 bits per heavy atom. The zero-order chi connectivity index (χ0) is 15.7. The van der Waals surface area contributed by atoms with Gasteiger partial charge in [0.2, 0.25) is 0 Å². The molecule has 0 aliphatic heterocycles. The van der Waals surface area contributed by atoms with Crippen LogP contribution in [0.15, 0.2) is 16.6 Å². The van der Waals surface area contributed by atoms with Crippen LogP contribution in [0.3, 0.4) is 0 Å². The molecule has 0 aliphatic carbocycles. The number of hydrogen-bond acceptors (Lipinski definition) is 2. The number of halogens is 1. The predicted molar refractivity (Wildman–Crippen MR) is 95.1 cm³/mol. The molecule has 1 atom stereocenters. The molecule has 1 aromatic carbocycles. The molecule has 1 aromatic rings. The van der Waals surface area contributed by atoms with Crippen molar-refractivity contribution in [2.24, 2.45) is 5.92 Å². The molecule has 21 heavy (non-hydrogen) atoms. The number of hydrogen-bond donors (Lipinski definition) is 1. The van der Waals surface area contributed by atoms with Crippen molar-refractivity contribution in [1.29, 1.82) is 0 Å². The number of aryl methyl sites for hydroxylation is 1. The Morgan fingerprint density at radius 2 is 2.00 bits per heavy atom. The van der Waals surface area contributed by atoms with Crippen molar-refractivity contribution >= 4 is 15.9 Å². The van der Waals surface area contributed by atoms with Gasteiger partial charge >= 0.3 is 0 Å². The van der Waals surface area contributed by atoms with Crippen molar-refractivity contribution < 1.29 is 4.74 Å². The third kappa shape index (κ3) is 6.39. The molecule has 0 aromatic heterocycles. The van der Waals surface area contributed by atoms with E-state index in [1.807, 2.05) is 0 Å². The third-order valence-electron chi connectivity index (χ3n) is 3.89. The fraction of sp³-hybridized carbons (Fsp3) is 0.667. The highest BCUT2D eigenvalue weighted by atomic mass is 79.9. The Kier molecular flexibility index (Phi) is 9.02. The van der Waals surface area contributed by atoms with Crippen LogP contribution in [0.1, 0.15) is 57.6 Å². The number of ether oxygens (including phenoxy) is 1. The van der Waals surface area contributed by atoms with E-state index in [2.05, 4.69) is 61.1 Å². The van der Waals surface area contributed by atoms with Gasteiger partial charge in [-0.15, -0.1) is 0 Å². The van der Waals surface area contributed by atoms with E-state index in [1.54, 1.807) is 0 Å².